The van der Waals surface area contributed by atoms with Gasteiger partial charge in [0.2, 0.25) is 0 Å². The van der Waals surface area contributed by atoms with Crippen LogP contribution in [0.25, 0.3) is 0 Å². The molecule has 1 amide bonds. The Balaban J connectivity index is 2.03. The fourth-order valence-corrected chi connectivity index (χ4v) is 4.20. The van der Waals surface area contributed by atoms with Crippen LogP contribution < -0.4 is 14.5 Å². The molecular weight excluding hydrogens is 434 g/mol. The molecule has 0 saturated carbocycles. The van der Waals surface area contributed by atoms with Gasteiger partial charge in [0.25, 0.3) is 5.91 Å². The molecule has 0 aromatic heterocycles. The van der Waals surface area contributed by atoms with Gasteiger partial charge in [-0.15, -0.1) is 0 Å². The monoisotopic (exact) mass is 454 g/mol. The molecule has 164 valence electrons. The predicted octanol–water partition coefficient (Wildman–Crippen LogP) is 4.61. The van der Waals surface area contributed by atoms with Crippen LogP contribution in [0.15, 0.2) is 30.3 Å². The number of aryl methyl sites for hydroxylation is 1. The van der Waals surface area contributed by atoms with Gasteiger partial charge < -0.3 is 9.64 Å². The van der Waals surface area contributed by atoms with E-state index in [4.69, 9.17) is 27.5 Å². The first-order valence-corrected chi connectivity index (χ1v) is 10.2. The van der Waals surface area contributed by atoms with E-state index < -0.39 is 23.1 Å². The van der Waals surface area contributed by atoms with Crippen LogP contribution in [-0.4, -0.2) is 23.7 Å². The summed E-state index contributed by atoms with van der Waals surface area (Å²) in [5.41, 5.74) is -0.590. The van der Waals surface area contributed by atoms with Crippen molar-refractivity contribution in [2.75, 3.05) is 16.9 Å². The van der Waals surface area contributed by atoms with Crippen LogP contribution in [0.2, 0.25) is 0 Å². The summed E-state index contributed by atoms with van der Waals surface area (Å²) in [6.07, 6.45) is 1.27. The van der Waals surface area contributed by atoms with E-state index in [0.29, 0.717) is 30.5 Å². The Bertz CT molecular complexity index is 1180. The van der Waals surface area contributed by atoms with Gasteiger partial charge in [0.15, 0.2) is 16.7 Å². The molecule has 3 rings (SSSR count). The maximum absolute atomic E-state index is 15.1. The zero-order valence-corrected chi connectivity index (χ0v) is 18.6. The lowest BCUT2D eigenvalue weighted by molar-refractivity contribution is -0.120. The van der Waals surface area contributed by atoms with Crippen LogP contribution in [0.5, 0.6) is 5.75 Å². The van der Waals surface area contributed by atoms with Crippen molar-refractivity contribution in [3.63, 3.8) is 0 Å². The molecule has 1 fully saturated rings. The number of carbonyl (C=O) groups excluding carboxylic acids is 1. The van der Waals surface area contributed by atoms with E-state index in [2.05, 4.69) is 0 Å². The number of amides is 1. The summed E-state index contributed by atoms with van der Waals surface area (Å²) in [5, 5.41) is 17.8. The van der Waals surface area contributed by atoms with Gasteiger partial charge in [-0.2, -0.15) is 10.5 Å². The lowest BCUT2D eigenvalue weighted by Gasteiger charge is -2.29. The SMILES string of the molecule is COc1c(C#N)ccc(N2C(=O)C(C)(C)N(c3ccc(CCCC#N)c(F)c3)C2=S)c1F. The summed E-state index contributed by atoms with van der Waals surface area (Å²) in [6, 6.07) is 11.0. The molecule has 2 aromatic carbocycles. The van der Waals surface area contributed by atoms with E-state index in [1.54, 1.807) is 26.0 Å². The van der Waals surface area contributed by atoms with E-state index in [1.165, 1.54) is 30.2 Å². The van der Waals surface area contributed by atoms with E-state index in [1.807, 2.05) is 12.1 Å². The molecule has 32 heavy (non-hydrogen) atoms. The second-order valence-electron chi connectivity index (χ2n) is 7.70. The van der Waals surface area contributed by atoms with Crippen LogP contribution in [0, 0.1) is 34.3 Å². The molecule has 1 heterocycles. The molecule has 1 aliphatic rings. The van der Waals surface area contributed by atoms with Crippen molar-refractivity contribution < 1.29 is 18.3 Å². The maximum Gasteiger partial charge on any atom is 0.259 e. The van der Waals surface area contributed by atoms with E-state index in [-0.39, 0.29) is 22.1 Å². The van der Waals surface area contributed by atoms with Gasteiger partial charge in [-0.25, -0.2) is 8.78 Å². The number of nitriles is 2. The number of unbranched alkanes of at least 4 members (excludes halogenated alkanes) is 1. The zero-order chi connectivity index (χ0) is 23.6. The Kier molecular flexibility index (Phi) is 6.42. The first kappa shape index (κ1) is 23.1. The highest BCUT2D eigenvalue weighted by Gasteiger charge is 2.51. The van der Waals surface area contributed by atoms with Crippen LogP contribution in [0.4, 0.5) is 20.2 Å². The van der Waals surface area contributed by atoms with Gasteiger partial charge >= 0.3 is 0 Å². The summed E-state index contributed by atoms with van der Waals surface area (Å²) in [7, 11) is 1.23. The van der Waals surface area contributed by atoms with Crippen molar-refractivity contribution in [2.45, 2.75) is 38.6 Å². The first-order valence-electron chi connectivity index (χ1n) is 9.79. The highest BCUT2D eigenvalue weighted by molar-refractivity contribution is 7.81. The highest BCUT2D eigenvalue weighted by Crippen LogP contribution is 2.40. The molecular formula is C23H20F2N4O2S. The number of benzene rings is 2. The third kappa shape index (κ3) is 3.76. The fourth-order valence-electron chi connectivity index (χ4n) is 3.68. The summed E-state index contributed by atoms with van der Waals surface area (Å²) in [5.74, 6) is -2.16. The first-order chi connectivity index (χ1) is 15.2. The van der Waals surface area contributed by atoms with Crippen molar-refractivity contribution >= 4 is 34.6 Å². The van der Waals surface area contributed by atoms with Gasteiger partial charge in [-0.1, -0.05) is 6.07 Å². The minimum Gasteiger partial charge on any atom is -0.492 e. The smallest absolute Gasteiger partial charge is 0.259 e. The fraction of sp³-hybridized carbons (Fsp3) is 0.304. The molecule has 0 bridgehead atoms. The van der Waals surface area contributed by atoms with Gasteiger partial charge in [0.1, 0.15) is 17.4 Å². The molecule has 0 aliphatic carbocycles. The van der Waals surface area contributed by atoms with Gasteiger partial charge in [0.05, 0.1) is 24.4 Å². The van der Waals surface area contributed by atoms with Crippen molar-refractivity contribution in [1.82, 2.24) is 0 Å². The van der Waals surface area contributed by atoms with Crippen LogP contribution in [0.1, 0.15) is 37.8 Å². The standard InChI is InChI=1S/C23H20F2N4O2S/c1-23(2)21(30)28(18-10-8-15(13-27)20(31-3)19(18)25)22(32)29(23)16-9-7-14(17(24)12-16)6-4-5-11-26/h7-10,12H,4-6H2,1-3H3. The van der Waals surface area contributed by atoms with Crippen LogP contribution >= 0.6 is 12.2 Å². The van der Waals surface area contributed by atoms with Gasteiger partial charge in [-0.3, -0.25) is 9.69 Å². The third-order valence-electron chi connectivity index (χ3n) is 5.34. The number of halogens is 2. The van der Waals surface area contributed by atoms with Crippen LogP contribution in [-0.2, 0) is 11.2 Å². The van der Waals surface area contributed by atoms with E-state index >= 15 is 4.39 Å². The lowest BCUT2D eigenvalue weighted by atomic mass is 10.0. The van der Waals surface area contributed by atoms with E-state index in [0.717, 1.165) is 4.90 Å². The van der Waals surface area contributed by atoms with Crippen molar-refractivity contribution in [3.05, 3.63) is 53.1 Å². The number of carbonyl (C=O) groups is 1. The summed E-state index contributed by atoms with van der Waals surface area (Å²) in [6.45, 7) is 3.22. The minimum absolute atomic E-state index is 0.0171. The van der Waals surface area contributed by atoms with Gasteiger partial charge in [0, 0.05) is 12.1 Å². The van der Waals surface area contributed by atoms with Crippen molar-refractivity contribution in [2.24, 2.45) is 0 Å². The normalized spacial score (nSPS) is 15.0. The minimum atomic E-state index is -1.22. The van der Waals surface area contributed by atoms with Crippen molar-refractivity contribution in [1.29, 1.82) is 10.5 Å². The number of hydrogen-bond acceptors (Lipinski definition) is 5. The second kappa shape index (κ2) is 8.89. The molecule has 6 nitrogen and oxygen atoms in total. The maximum atomic E-state index is 15.1. The summed E-state index contributed by atoms with van der Waals surface area (Å²) < 4.78 is 34.9. The summed E-state index contributed by atoms with van der Waals surface area (Å²) >= 11 is 5.51. The third-order valence-corrected chi connectivity index (χ3v) is 5.70. The average Bonchev–Trinajstić information content (AvgIpc) is 2.93. The quantitative estimate of drug-likeness (QED) is 0.469. The number of hydrogen-bond donors (Lipinski definition) is 0. The topological polar surface area (TPSA) is 80.4 Å². The number of thiocarbonyl (C=S) groups is 1. The number of rotatable bonds is 6. The highest BCUT2D eigenvalue weighted by atomic mass is 32.1. The molecule has 0 unspecified atom stereocenters. The molecule has 0 atom stereocenters. The number of methoxy groups -OCH3 is 1. The number of nitrogens with zero attached hydrogens (tertiary/aromatic N) is 4. The predicted molar refractivity (Wildman–Crippen MR) is 119 cm³/mol. The molecule has 2 aromatic rings. The molecule has 0 radical (unpaired) electrons. The second-order valence-corrected chi connectivity index (χ2v) is 8.06. The Hall–Kier alpha value is -3.56. The molecule has 1 aliphatic heterocycles. The number of ether oxygens (including phenoxy) is 1. The largest absolute Gasteiger partial charge is 0.492 e. The molecule has 9 heteroatoms. The Morgan fingerprint density at radius 1 is 1.19 bits per heavy atom. The molecule has 1 saturated heterocycles. The Morgan fingerprint density at radius 2 is 1.91 bits per heavy atom. The summed E-state index contributed by atoms with van der Waals surface area (Å²) in [4.78, 5) is 15.8. The molecule has 0 spiro atoms. The van der Waals surface area contributed by atoms with Gasteiger partial charge in [-0.05, 0) is 68.7 Å². The Morgan fingerprint density at radius 3 is 2.50 bits per heavy atom. The number of anilines is 2. The molecule has 0 N–H and O–H groups in total. The average molecular weight is 455 g/mol. The Labute approximate surface area is 190 Å². The van der Waals surface area contributed by atoms with Crippen molar-refractivity contribution in [3.8, 4) is 17.9 Å². The van der Waals surface area contributed by atoms with Crippen LogP contribution in [0.3, 0.4) is 0 Å². The zero-order valence-electron chi connectivity index (χ0n) is 17.8. The lowest BCUT2D eigenvalue weighted by Crippen LogP contribution is -2.44. The van der Waals surface area contributed by atoms with E-state index in [9.17, 15) is 9.18 Å².